The summed E-state index contributed by atoms with van der Waals surface area (Å²) in [7, 11) is 0. The molecule has 14 heavy (non-hydrogen) atoms. The molecule has 1 fully saturated rings. The fourth-order valence-corrected chi connectivity index (χ4v) is 1.60. The van der Waals surface area contributed by atoms with E-state index < -0.39 is 4.92 Å². The van der Waals surface area contributed by atoms with E-state index in [2.05, 4.69) is 15.6 Å². The van der Waals surface area contributed by atoms with Crippen LogP contribution >= 0.6 is 0 Å². The third-order valence-electron chi connectivity index (χ3n) is 2.28. The standard InChI is InChI=1S/C7H11N5O2/c13-12(14)7-5-11(10-9-7)4-6-2-1-3-8-6/h5-6,8H,1-4H2. The van der Waals surface area contributed by atoms with E-state index in [0.717, 1.165) is 19.4 Å². The van der Waals surface area contributed by atoms with Gasteiger partial charge in [-0.2, -0.15) is 0 Å². The number of nitrogens with one attached hydrogen (secondary N) is 1. The molecular formula is C7H11N5O2. The van der Waals surface area contributed by atoms with Gasteiger partial charge in [0.1, 0.15) is 11.3 Å². The van der Waals surface area contributed by atoms with Crippen molar-refractivity contribution < 1.29 is 4.92 Å². The Hall–Kier alpha value is -1.50. The topological polar surface area (TPSA) is 85.9 Å². The molecule has 0 radical (unpaired) electrons. The van der Waals surface area contributed by atoms with Gasteiger partial charge in [-0.25, -0.2) is 4.68 Å². The molecule has 1 aliphatic rings. The first-order valence-corrected chi connectivity index (χ1v) is 4.53. The van der Waals surface area contributed by atoms with Gasteiger partial charge in [0.15, 0.2) is 0 Å². The zero-order valence-electron chi connectivity index (χ0n) is 7.59. The highest BCUT2D eigenvalue weighted by molar-refractivity contribution is 5.08. The lowest BCUT2D eigenvalue weighted by Gasteiger charge is -2.07. The van der Waals surface area contributed by atoms with Crippen LogP contribution in [0.25, 0.3) is 0 Å². The van der Waals surface area contributed by atoms with Crippen LogP contribution in [0.5, 0.6) is 0 Å². The molecule has 1 N–H and O–H groups in total. The molecule has 2 heterocycles. The van der Waals surface area contributed by atoms with E-state index in [1.807, 2.05) is 0 Å². The van der Waals surface area contributed by atoms with E-state index in [1.165, 1.54) is 10.9 Å². The van der Waals surface area contributed by atoms with Crippen LogP contribution < -0.4 is 5.32 Å². The first-order valence-electron chi connectivity index (χ1n) is 4.53. The van der Waals surface area contributed by atoms with Crippen LogP contribution in [0.3, 0.4) is 0 Å². The van der Waals surface area contributed by atoms with Crippen LogP contribution in [0.15, 0.2) is 6.20 Å². The Bertz CT molecular complexity index is 331. The van der Waals surface area contributed by atoms with E-state index in [4.69, 9.17) is 0 Å². The maximum absolute atomic E-state index is 10.3. The second-order valence-corrected chi connectivity index (χ2v) is 3.35. The van der Waals surface area contributed by atoms with E-state index in [1.54, 1.807) is 0 Å². The molecule has 1 unspecified atom stereocenters. The van der Waals surface area contributed by atoms with Crippen molar-refractivity contribution in [2.75, 3.05) is 6.54 Å². The number of nitro groups is 1. The third kappa shape index (κ3) is 1.87. The monoisotopic (exact) mass is 197 g/mol. The molecule has 0 amide bonds. The van der Waals surface area contributed by atoms with Gasteiger partial charge in [0.25, 0.3) is 0 Å². The molecule has 0 saturated carbocycles. The Balaban J connectivity index is 1.98. The largest absolute Gasteiger partial charge is 0.410 e. The van der Waals surface area contributed by atoms with E-state index in [-0.39, 0.29) is 5.82 Å². The predicted molar refractivity (Wildman–Crippen MR) is 47.7 cm³/mol. The highest BCUT2D eigenvalue weighted by Crippen LogP contribution is 2.09. The zero-order valence-corrected chi connectivity index (χ0v) is 7.59. The molecule has 76 valence electrons. The van der Waals surface area contributed by atoms with Crippen molar-refractivity contribution in [1.29, 1.82) is 0 Å². The van der Waals surface area contributed by atoms with Gasteiger partial charge >= 0.3 is 5.82 Å². The van der Waals surface area contributed by atoms with Gasteiger partial charge in [-0.15, -0.1) is 0 Å². The van der Waals surface area contributed by atoms with Gasteiger partial charge in [-0.1, -0.05) is 0 Å². The van der Waals surface area contributed by atoms with Crippen LogP contribution in [0.2, 0.25) is 0 Å². The summed E-state index contributed by atoms with van der Waals surface area (Å²) in [5, 5.41) is 20.7. The van der Waals surface area contributed by atoms with Gasteiger partial charge in [-0.05, 0) is 24.3 Å². The average molecular weight is 197 g/mol. The van der Waals surface area contributed by atoms with Gasteiger partial charge in [0, 0.05) is 6.04 Å². The van der Waals surface area contributed by atoms with Crippen molar-refractivity contribution in [3.63, 3.8) is 0 Å². The van der Waals surface area contributed by atoms with Crippen molar-refractivity contribution in [2.24, 2.45) is 0 Å². The number of hydrogen-bond donors (Lipinski definition) is 1. The highest BCUT2D eigenvalue weighted by Gasteiger charge is 2.18. The van der Waals surface area contributed by atoms with Crippen LogP contribution in [-0.4, -0.2) is 32.5 Å². The lowest BCUT2D eigenvalue weighted by Crippen LogP contribution is -2.26. The molecule has 1 atom stereocenters. The second kappa shape index (κ2) is 3.70. The third-order valence-corrected chi connectivity index (χ3v) is 2.28. The van der Waals surface area contributed by atoms with Crippen molar-refractivity contribution >= 4 is 5.82 Å². The summed E-state index contributed by atoms with van der Waals surface area (Å²) >= 11 is 0. The fraction of sp³-hybridized carbons (Fsp3) is 0.714. The molecule has 2 rings (SSSR count). The molecule has 7 nitrogen and oxygen atoms in total. The van der Waals surface area contributed by atoms with E-state index in [0.29, 0.717) is 12.6 Å². The lowest BCUT2D eigenvalue weighted by molar-refractivity contribution is -0.389. The molecule has 7 heteroatoms. The fourth-order valence-electron chi connectivity index (χ4n) is 1.60. The Labute approximate surface area is 80.2 Å². The summed E-state index contributed by atoms with van der Waals surface area (Å²) in [6, 6.07) is 0.372. The van der Waals surface area contributed by atoms with Crippen LogP contribution in [0.1, 0.15) is 12.8 Å². The Morgan fingerprint density at radius 2 is 2.64 bits per heavy atom. The maximum Gasteiger partial charge on any atom is 0.410 e. The minimum Gasteiger partial charge on any atom is -0.358 e. The summed E-state index contributed by atoms with van der Waals surface area (Å²) < 4.78 is 1.52. The lowest BCUT2D eigenvalue weighted by atomic mass is 10.2. The summed E-state index contributed by atoms with van der Waals surface area (Å²) in [5.41, 5.74) is 0. The van der Waals surface area contributed by atoms with Crippen molar-refractivity contribution in [1.82, 2.24) is 20.3 Å². The van der Waals surface area contributed by atoms with Crippen LogP contribution in [-0.2, 0) is 6.54 Å². The van der Waals surface area contributed by atoms with E-state index in [9.17, 15) is 10.1 Å². The normalized spacial score (nSPS) is 21.3. The molecule has 0 bridgehead atoms. The number of aromatic nitrogens is 3. The van der Waals surface area contributed by atoms with Gasteiger partial charge in [0.2, 0.25) is 0 Å². The molecule has 0 aromatic carbocycles. The number of nitrogens with zero attached hydrogens (tertiary/aromatic N) is 4. The Kier molecular flexibility index (Phi) is 2.40. The van der Waals surface area contributed by atoms with Gasteiger partial charge < -0.3 is 15.4 Å². The smallest absolute Gasteiger partial charge is 0.358 e. The molecule has 1 aromatic rings. The molecule has 0 aliphatic carbocycles. The van der Waals surface area contributed by atoms with Crippen molar-refractivity contribution in [2.45, 2.75) is 25.4 Å². The number of rotatable bonds is 3. The van der Waals surface area contributed by atoms with Crippen LogP contribution in [0.4, 0.5) is 5.82 Å². The minimum atomic E-state index is -0.536. The summed E-state index contributed by atoms with van der Waals surface area (Å²) in [6.45, 7) is 1.67. The summed E-state index contributed by atoms with van der Waals surface area (Å²) in [5.74, 6) is -0.192. The first kappa shape index (κ1) is 9.07. The Morgan fingerprint density at radius 1 is 1.79 bits per heavy atom. The zero-order chi connectivity index (χ0) is 9.97. The molecule has 1 aromatic heterocycles. The molecule has 0 spiro atoms. The van der Waals surface area contributed by atoms with Crippen molar-refractivity contribution in [3.05, 3.63) is 16.3 Å². The SMILES string of the molecule is O=[N+]([O-])c1cn(CC2CCCN2)nn1. The highest BCUT2D eigenvalue weighted by atomic mass is 16.6. The Morgan fingerprint density at radius 3 is 3.21 bits per heavy atom. The first-order chi connectivity index (χ1) is 6.75. The average Bonchev–Trinajstić information content (AvgIpc) is 2.75. The molecular weight excluding hydrogens is 186 g/mol. The van der Waals surface area contributed by atoms with Gasteiger partial charge in [0.05, 0.1) is 11.8 Å². The molecule has 1 aliphatic heterocycles. The van der Waals surface area contributed by atoms with E-state index >= 15 is 0 Å². The number of hydrogen-bond acceptors (Lipinski definition) is 5. The molecule has 1 saturated heterocycles. The predicted octanol–water partition coefficient (Wildman–Crippen LogP) is -0.0617. The summed E-state index contributed by atoms with van der Waals surface area (Å²) in [6.07, 6.45) is 3.61. The summed E-state index contributed by atoms with van der Waals surface area (Å²) in [4.78, 5) is 9.79. The maximum atomic E-state index is 10.3. The second-order valence-electron chi connectivity index (χ2n) is 3.35. The van der Waals surface area contributed by atoms with Crippen LogP contribution in [0, 0.1) is 10.1 Å². The van der Waals surface area contributed by atoms with Crippen molar-refractivity contribution in [3.8, 4) is 0 Å². The quantitative estimate of drug-likeness (QED) is 0.541. The minimum absolute atomic E-state index is 0.192. The van der Waals surface area contributed by atoms with Gasteiger partial charge in [-0.3, -0.25) is 0 Å².